The van der Waals surface area contributed by atoms with Crippen molar-refractivity contribution >= 4 is 23.1 Å². The molecule has 0 bridgehead atoms. The third kappa shape index (κ3) is 3.40. The van der Waals surface area contributed by atoms with Gasteiger partial charge in [-0.2, -0.15) is 0 Å². The number of amides is 1. The van der Waals surface area contributed by atoms with Gasteiger partial charge in [-0.25, -0.2) is 19.6 Å². The number of anilines is 1. The van der Waals surface area contributed by atoms with Gasteiger partial charge in [0.25, 0.3) is 0 Å². The average molecular weight is 334 g/mol. The van der Waals surface area contributed by atoms with E-state index >= 15 is 0 Å². The molecule has 3 N–H and O–H groups in total. The van der Waals surface area contributed by atoms with Gasteiger partial charge in [0.05, 0.1) is 0 Å². The lowest BCUT2D eigenvalue weighted by molar-refractivity contribution is 0.0558. The Kier molecular flexibility index (Phi) is 4.27. The second-order valence-electron chi connectivity index (χ2n) is 6.83. The Morgan fingerprint density at radius 3 is 2.62 bits per heavy atom. The molecule has 0 atom stereocenters. The van der Waals surface area contributed by atoms with Crippen LogP contribution in [0.25, 0.3) is 11.2 Å². The molecule has 0 aromatic carbocycles. The van der Waals surface area contributed by atoms with Crippen LogP contribution in [0.4, 0.5) is 10.6 Å². The number of carbonyl (C=O) groups is 1. The highest BCUT2D eigenvalue weighted by Crippen LogP contribution is 2.26. The van der Waals surface area contributed by atoms with Crippen molar-refractivity contribution in [3.63, 3.8) is 0 Å². The molecule has 0 saturated carbocycles. The van der Waals surface area contributed by atoms with Crippen LogP contribution in [0.5, 0.6) is 0 Å². The fourth-order valence-corrected chi connectivity index (χ4v) is 2.81. The van der Waals surface area contributed by atoms with E-state index in [1.54, 1.807) is 4.90 Å². The van der Waals surface area contributed by atoms with Crippen LogP contribution >= 0.6 is 0 Å². The summed E-state index contributed by atoms with van der Waals surface area (Å²) in [6.45, 7) is 7.07. The first-order valence-corrected chi connectivity index (χ1v) is 8.01. The number of hydrogen-bond donors (Lipinski definition) is 3. The standard InChI is InChI=1S/C15H22N6O3/c1-15(2,3)24-14(23)21(9-4-6-16-7-5-9)12-10-11(17-8-18-12)20-13(22)19-10/h8-9,16H,4-7H2,1-3H3,(H2,17,18,19,20,22). The van der Waals surface area contributed by atoms with E-state index in [0.717, 1.165) is 25.9 Å². The predicted octanol–water partition coefficient (Wildman–Crippen LogP) is 1.14. The van der Waals surface area contributed by atoms with Gasteiger partial charge in [0, 0.05) is 6.04 Å². The number of H-pyrrole nitrogens is 2. The Morgan fingerprint density at radius 2 is 1.96 bits per heavy atom. The van der Waals surface area contributed by atoms with Gasteiger partial charge in [-0.1, -0.05) is 0 Å². The molecule has 1 aliphatic rings. The van der Waals surface area contributed by atoms with Crippen LogP contribution in [0.2, 0.25) is 0 Å². The molecule has 1 amide bonds. The zero-order valence-corrected chi connectivity index (χ0v) is 14.0. The number of nitrogens with zero attached hydrogens (tertiary/aromatic N) is 3. The first kappa shape index (κ1) is 16.4. The molecule has 0 aliphatic carbocycles. The lowest BCUT2D eigenvalue weighted by Crippen LogP contribution is -2.48. The second kappa shape index (κ2) is 6.23. The maximum absolute atomic E-state index is 12.8. The molecule has 1 fully saturated rings. The average Bonchev–Trinajstić information content (AvgIpc) is 2.88. The van der Waals surface area contributed by atoms with Crippen molar-refractivity contribution in [2.24, 2.45) is 0 Å². The zero-order valence-electron chi connectivity index (χ0n) is 14.0. The number of imidazole rings is 1. The number of aromatic amines is 2. The molecule has 1 saturated heterocycles. The Hall–Kier alpha value is -2.42. The summed E-state index contributed by atoms with van der Waals surface area (Å²) in [7, 11) is 0. The minimum absolute atomic E-state index is 0.0578. The van der Waals surface area contributed by atoms with E-state index in [2.05, 4.69) is 25.3 Å². The third-order valence-electron chi connectivity index (χ3n) is 3.79. The summed E-state index contributed by atoms with van der Waals surface area (Å²) in [6, 6.07) is -0.0578. The van der Waals surface area contributed by atoms with Crippen molar-refractivity contribution in [1.82, 2.24) is 25.3 Å². The van der Waals surface area contributed by atoms with Crippen LogP contribution in [0.1, 0.15) is 33.6 Å². The largest absolute Gasteiger partial charge is 0.443 e. The molecule has 9 nitrogen and oxygen atoms in total. The van der Waals surface area contributed by atoms with E-state index in [-0.39, 0.29) is 11.7 Å². The maximum Gasteiger partial charge on any atom is 0.416 e. The Morgan fingerprint density at radius 1 is 1.25 bits per heavy atom. The zero-order chi connectivity index (χ0) is 17.3. The number of fused-ring (bicyclic) bond motifs is 1. The third-order valence-corrected chi connectivity index (χ3v) is 3.79. The molecular weight excluding hydrogens is 312 g/mol. The molecule has 0 radical (unpaired) electrons. The summed E-state index contributed by atoms with van der Waals surface area (Å²) >= 11 is 0. The lowest BCUT2D eigenvalue weighted by Gasteiger charge is -2.35. The molecule has 3 rings (SSSR count). The predicted molar refractivity (Wildman–Crippen MR) is 89.1 cm³/mol. The van der Waals surface area contributed by atoms with Crippen molar-refractivity contribution in [2.75, 3.05) is 18.0 Å². The molecule has 2 aromatic heterocycles. The normalized spacial score (nSPS) is 16.3. The molecular formula is C15H22N6O3. The minimum atomic E-state index is -0.625. The molecule has 0 unspecified atom stereocenters. The summed E-state index contributed by atoms with van der Waals surface area (Å²) in [5.41, 5.74) is -0.236. The highest BCUT2D eigenvalue weighted by Gasteiger charge is 2.33. The number of piperidine rings is 1. The molecule has 0 spiro atoms. The first-order chi connectivity index (χ1) is 11.3. The van der Waals surface area contributed by atoms with Crippen LogP contribution in [-0.2, 0) is 4.74 Å². The van der Waals surface area contributed by atoms with E-state index in [4.69, 9.17) is 4.74 Å². The van der Waals surface area contributed by atoms with Crippen LogP contribution in [0, 0.1) is 0 Å². The van der Waals surface area contributed by atoms with Gasteiger partial charge in [0.2, 0.25) is 0 Å². The van der Waals surface area contributed by atoms with Gasteiger partial charge in [-0.15, -0.1) is 0 Å². The van der Waals surface area contributed by atoms with Crippen LogP contribution in [-0.4, -0.2) is 50.8 Å². The quantitative estimate of drug-likeness (QED) is 0.758. The number of ether oxygens (including phenoxy) is 1. The van der Waals surface area contributed by atoms with Gasteiger partial charge in [0.15, 0.2) is 11.5 Å². The lowest BCUT2D eigenvalue weighted by atomic mass is 10.1. The Bertz CT molecular complexity index is 784. The SMILES string of the molecule is CC(C)(C)OC(=O)N(c1ncnc2[nH]c(=O)[nH]c12)C1CCNCC1. The van der Waals surface area contributed by atoms with Gasteiger partial charge in [-0.3, -0.25) is 9.88 Å². The Balaban J connectivity index is 2.05. The maximum atomic E-state index is 12.8. The summed E-state index contributed by atoms with van der Waals surface area (Å²) in [6.07, 6.45) is 2.41. The number of nitrogens with one attached hydrogen (secondary N) is 3. The highest BCUT2D eigenvalue weighted by atomic mass is 16.6. The number of aromatic nitrogens is 4. The number of rotatable bonds is 2. The summed E-state index contributed by atoms with van der Waals surface area (Å²) in [4.78, 5) is 39.5. The smallest absolute Gasteiger partial charge is 0.416 e. The summed E-state index contributed by atoms with van der Waals surface area (Å²) < 4.78 is 5.57. The van der Waals surface area contributed by atoms with E-state index in [1.807, 2.05) is 20.8 Å². The topological polar surface area (TPSA) is 116 Å². The molecule has 1 aliphatic heterocycles. The Labute approximate surface area is 138 Å². The van der Waals surface area contributed by atoms with Crippen molar-refractivity contribution < 1.29 is 9.53 Å². The van der Waals surface area contributed by atoms with Gasteiger partial charge >= 0.3 is 11.8 Å². The molecule has 24 heavy (non-hydrogen) atoms. The van der Waals surface area contributed by atoms with Crippen molar-refractivity contribution in [1.29, 1.82) is 0 Å². The first-order valence-electron chi connectivity index (χ1n) is 8.01. The van der Waals surface area contributed by atoms with Crippen molar-refractivity contribution in [3.05, 3.63) is 16.8 Å². The molecule has 130 valence electrons. The van der Waals surface area contributed by atoms with E-state index in [9.17, 15) is 9.59 Å². The van der Waals surface area contributed by atoms with Crippen LogP contribution in [0.15, 0.2) is 11.1 Å². The van der Waals surface area contributed by atoms with Crippen molar-refractivity contribution in [3.8, 4) is 0 Å². The molecule has 9 heteroatoms. The summed E-state index contributed by atoms with van der Waals surface area (Å²) in [5, 5.41) is 3.27. The van der Waals surface area contributed by atoms with Crippen LogP contribution in [0.3, 0.4) is 0 Å². The molecule has 3 heterocycles. The number of hydrogen-bond acceptors (Lipinski definition) is 6. The summed E-state index contributed by atoms with van der Waals surface area (Å²) in [5.74, 6) is 0.361. The fourth-order valence-electron chi connectivity index (χ4n) is 2.81. The van der Waals surface area contributed by atoms with Gasteiger partial charge in [0.1, 0.15) is 17.4 Å². The van der Waals surface area contributed by atoms with E-state index in [1.165, 1.54) is 6.33 Å². The van der Waals surface area contributed by atoms with E-state index < -0.39 is 11.7 Å². The van der Waals surface area contributed by atoms with Gasteiger partial charge < -0.3 is 15.0 Å². The highest BCUT2D eigenvalue weighted by molar-refractivity contribution is 5.95. The van der Waals surface area contributed by atoms with Crippen LogP contribution < -0.4 is 15.9 Å². The number of carbonyl (C=O) groups excluding carboxylic acids is 1. The van der Waals surface area contributed by atoms with Gasteiger partial charge in [-0.05, 0) is 46.7 Å². The molecule has 2 aromatic rings. The monoisotopic (exact) mass is 334 g/mol. The fraction of sp³-hybridized carbons (Fsp3) is 0.600. The van der Waals surface area contributed by atoms with Crippen molar-refractivity contribution in [2.45, 2.75) is 45.3 Å². The minimum Gasteiger partial charge on any atom is -0.443 e. The van der Waals surface area contributed by atoms with E-state index in [0.29, 0.717) is 17.0 Å². The second-order valence-corrected chi connectivity index (χ2v) is 6.83.